The molecule has 0 spiro atoms. The number of nitrogens with two attached hydrogens (primary N) is 1. The fraction of sp³-hybridized carbons (Fsp3) is 0.364. The van der Waals surface area contributed by atoms with Crippen molar-refractivity contribution < 1.29 is 17.6 Å². The molecule has 6 nitrogen and oxygen atoms in total. The molecule has 0 heterocycles. The van der Waals surface area contributed by atoms with E-state index in [1.165, 1.54) is 12.1 Å². The molecule has 1 aromatic carbocycles. The van der Waals surface area contributed by atoms with Gasteiger partial charge in [0.05, 0.1) is 12.2 Å². The number of rotatable bonds is 5. The second kappa shape index (κ2) is 5.98. The lowest BCUT2D eigenvalue weighted by Crippen LogP contribution is -2.40. The molecule has 4 N–H and O–H groups in total. The fourth-order valence-electron chi connectivity index (χ4n) is 1.41. The standard InChI is InChI=1S/C11H16FN3O3S/c1-7(2)15-10(16)6-14-19(17,18)11-8(12)4-3-5-9(11)13/h3-5,7,14H,6,13H2,1-2H3,(H,15,16). The van der Waals surface area contributed by atoms with E-state index in [4.69, 9.17) is 5.73 Å². The number of carbonyl (C=O) groups is 1. The van der Waals surface area contributed by atoms with E-state index in [0.717, 1.165) is 6.07 Å². The average Bonchev–Trinajstić information content (AvgIpc) is 2.25. The number of amides is 1. The van der Waals surface area contributed by atoms with Crippen LogP contribution in [0.15, 0.2) is 23.1 Å². The first-order chi connectivity index (χ1) is 8.74. The molecule has 0 saturated carbocycles. The largest absolute Gasteiger partial charge is 0.398 e. The van der Waals surface area contributed by atoms with Crippen molar-refractivity contribution >= 4 is 21.6 Å². The van der Waals surface area contributed by atoms with E-state index in [9.17, 15) is 17.6 Å². The molecule has 19 heavy (non-hydrogen) atoms. The zero-order valence-electron chi connectivity index (χ0n) is 10.6. The SMILES string of the molecule is CC(C)NC(=O)CNS(=O)(=O)c1c(N)cccc1F. The van der Waals surface area contributed by atoms with E-state index in [0.29, 0.717) is 0 Å². The summed E-state index contributed by atoms with van der Waals surface area (Å²) >= 11 is 0. The van der Waals surface area contributed by atoms with Gasteiger partial charge in [-0.25, -0.2) is 17.5 Å². The third-order valence-electron chi connectivity index (χ3n) is 2.14. The Kier molecular flexibility index (Phi) is 4.84. The number of anilines is 1. The van der Waals surface area contributed by atoms with Crippen molar-refractivity contribution in [1.82, 2.24) is 10.0 Å². The number of nitrogens with one attached hydrogen (secondary N) is 2. The third-order valence-corrected chi connectivity index (χ3v) is 3.63. The minimum absolute atomic E-state index is 0.115. The van der Waals surface area contributed by atoms with Gasteiger partial charge in [-0.3, -0.25) is 4.79 Å². The minimum Gasteiger partial charge on any atom is -0.398 e. The fourth-order valence-corrected chi connectivity index (χ4v) is 2.58. The van der Waals surface area contributed by atoms with Crippen LogP contribution in [0.25, 0.3) is 0 Å². The number of benzene rings is 1. The van der Waals surface area contributed by atoms with Crippen LogP contribution in [0.1, 0.15) is 13.8 Å². The zero-order valence-corrected chi connectivity index (χ0v) is 11.4. The number of halogens is 1. The molecule has 0 aromatic heterocycles. The number of hydrogen-bond donors (Lipinski definition) is 3. The van der Waals surface area contributed by atoms with E-state index in [1.54, 1.807) is 13.8 Å². The predicted molar refractivity (Wildman–Crippen MR) is 69.3 cm³/mol. The van der Waals surface area contributed by atoms with Crippen LogP contribution in [0.2, 0.25) is 0 Å². The summed E-state index contributed by atoms with van der Waals surface area (Å²) in [6.07, 6.45) is 0. The van der Waals surface area contributed by atoms with E-state index in [2.05, 4.69) is 5.32 Å². The van der Waals surface area contributed by atoms with Crippen molar-refractivity contribution in [3.8, 4) is 0 Å². The molecule has 0 atom stereocenters. The molecule has 1 amide bonds. The highest BCUT2D eigenvalue weighted by atomic mass is 32.2. The van der Waals surface area contributed by atoms with E-state index in [1.807, 2.05) is 4.72 Å². The van der Waals surface area contributed by atoms with Crippen molar-refractivity contribution in [2.24, 2.45) is 0 Å². The van der Waals surface area contributed by atoms with Crippen LogP contribution in [0, 0.1) is 5.82 Å². The van der Waals surface area contributed by atoms with Crippen molar-refractivity contribution in [3.63, 3.8) is 0 Å². The van der Waals surface area contributed by atoms with Gasteiger partial charge in [-0.05, 0) is 26.0 Å². The number of carbonyl (C=O) groups excluding carboxylic acids is 1. The lowest BCUT2D eigenvalue weighted by molar-refractivity contribution is -0.120. The molecule has 0 aliphatic carbocycles. The molecular weight excluding hydrogens is 273 g/mol. The van der Waals surface area contributed by atoms with Crippen LogP contribution < -0.4 is 15.8 Å². The summed E-state index contributed by atoms with van der Waals surface area (Å²) in [5.41, 5.74) is 5.22. The van der Waals surface area contributed by atoms with Crippen LogP contribution in [0.4, 0.5) is 10.1 Å². The van der Waals surface area contributed by atoms with Gasteiger partial charge in [0.1, 0.15) is 10.7 Å². The minimum atomic E-state index is -4.16. The topological polar surface area (TPSA) is 101 Å². The van der Waals surface area contributed by atoms with Gasteiger partial charge in [-0.1, -0.05) is 6.07 Å². The summed E-state index contributed by atoms with van der Waals surface area (Å²) in [7, 11) is -4.16. The van der Waals surface area contributed by atoms with Crippen molar-refractivity contribution in [2.45, 2.75) is 24.8 Å². The van der Waals surface area contributed by atoms with Gasteiger partial charge < -0.3 is 11.1 Å². The van der Waals surface area contributed by atoms with Gasteiger partial charge in [0.15, 0.2) is 0 Å². The van der Waals surface area contributed by atoms with E-state index >= 15 is 0 Å². The first kappa shape index (κ1) is 15.4. The van der Waals surface area contributed by atoms with Gasteiger partial charge in [0.2, 0.25) is 15.9 Å². The van der Waals surface area contributed by atoms with Gasteiger partial charge in [-0.15, -0.1) is 0 Å². The van der Waals surface area contributed by atoms with Crippen molar-refractivity contribution in [3.05, 3.63) is 24.0 Å². The number of nitrogen functional groups attached to an aromatic ring is 1. The van der Waals surface area contributed by atoms with Gasteiger partial charge in [0.25, 0.3) is 0 Å². The molecule has 0 unspecified atom stereocenters. The first-order valence-corrected chi connectivity index (χ1v) is 7.05. The quantitative estimate of drug-likeness (QED) is 0.674. The van der Waals surface area contributed by atoms with Crippen LogP contribution in [-0.4, -0.2) is 26.9 Å². The molecule has 0 saturated heterocycles. The van der Waals surface area contributed by atoms with E-state index < -0.39 is 33.2 Å². The molecule has 0 aliphatic heterocycles. The molecule has 8 heteroatoms. The molecule has 106 valence electrons. The monoisotopic (exact) mass is 289 g/mol. The maximum Gasteiger partial charge on any atom is 0.246 e. The van der Waals surface area contributed by atoms with Gasteiger partial charge in [-0.2, -0.15) is 0 Å². The second-order valence-electron chi connectivity index (χ2n) is 4.20. The summed E-state index contributed by atoms with van der Waals surface area (Å²) in [5, 5.41) is 2.51. The summed E-state index contributed by atoms with van der Waals surface area (Å²) in [6.45, 7) is 3.00. The predicted octanol–water partition coefficient (Wildman–Crippen LogP) is 0.211. The summed E-state index contributed by atoms with van der Waals surface area (Å²) < 4.78 is 39.2. The highest BCUT2D eigenvalue weighted by molar-refractivity contribution is 7.89. The van der Waals surface area contributed by atoms with Crippen LogP contribution in [0.3, 0.4) is 0 Å². The Bertz CT molecular complexity index is 552. The average molecular weight is 289 g/mol. The molecule has 1 aromatic rings. The third kappa shape index (κ3) is 4.18. The van der Waals surface area contributed by atoms with Crippen molar-refractivity contribution in [1.29, 1.82) is 0 Å². The second-order valence-corrected chi connectivity index (χ2v) is 5.91. The van der Waals surface area contributed by atoms with Crippen LogP contribution >= 0.6 is 0 Å². The Morgan fingerprint density at radius 2 is 2.05 bits per heavy atom. The molecule has 0 fully saturated rings. The molecular formula is C11H16FN3O3S. The van der Waals surface area contributed by atoms with Gasteiger partial charge in [0, 0.05) is 6.04 Å². The zero-order chi connectivity index (χ0) is 14.6. The first-order valence-electron chi connectivity index (χ1n) is 5.57. The summed E-state index contributed by atoms with van der Waals surface area (Å²) in [6, 6.07) is 3.44. The molecule has 0 radical (unpaired) electrons. The number of sulfonamides is 1. The smallest absolute Gasteiger partial charge is 0.246 e. The molecule has 0 aliphatic rings. The summed E-state index contributed by atoms with van der Waals surface area (Å²) in [4.78, 5) is 10.7. The Labute approximate surface area is 111 Å². The van der Waals surface area contributed by atoms with Crippen LogP contribution in [0.5, 0.6) is 0 Å². The Hall–Kier alpha value is -1.67. The highest BCUT2D eigenvalue weighted by Gasteiger charge is 2.22. The van der Waals surface area contributed by atoms with Gasteiger partial charge >= 0.3 is 0 Å². The molecule has 1 rings (SSSR count). The lowest BCUT2D eigenvalue weighted by atomic mass is 10.3. The Balaban J connectivity index is 2.85. The normalized spacial score (nSPS) is 11.6. The lowest BCUT2D eigenvalue weighted by Gasteiger charge is -2.11. The maximum absolute atomic E-state index is 13.5. The highest BCUT2D eigenvalue weighted by Crippen LogP contribution is 2.20. The Morgan fingerprint density at radius 3 is 2.58 bits per heavy atom. The number of hydrogen-bond acceptors (Lipinski definition) is 4. The maximum atomic E-state index is 13.5. The van der Waals surface area contributed by atoms with Crippen LogP contribution in [-0.2, 0) is 14.8 Å². The van der Waals surface area contributed by atoms with E-state index in [-0.39, 0.29) is 11.7 Å². The summed E-state index contributed by atoms with van der Waals surface area (Å²) in [5.74, 6) is -1.47. The Morgan fingerprint density at radius 1 is 1.42 bits per heavy atom. The molecule has 0 bridgehead atoms. The van der Waals surface area contributed by atoms with Crippen molar-refractivity contribution in [2.75, 3.05) is 12.3 Å².